The summed E-state index contributed by atoms with van der Waals surface area (Å²) in [6.45, 7) is 0. The quantitative estimate of drug-likeness (QED) is 0.184. The van der Waals surface area contributed by atoms with Crippen LogP contribution in [0, 0.1) is 0 Å². The number of nitrogens with one attached hydrogen (secondary N) is 2. The number of nitrogens with zero attached hydrogens (tertiary/aromatic N) is 2. The predicted molar refractivity (Wildman–Crippen MR) is 211 cm³/mol. The van der Waals surface area contributed by atoms with Crippen LogP contribution in [-0.4, -0.2) is 34.2 Å². The predicted octanol–water partition coefficient (Wildman–Crippen LogP) is 11.1. The van der Waals surface area contributed by atoms with Crippen LogP contribution in [-0.2, 0) is 9.47 Å². The van der Waals surface area contributed by atoms with Gasteiger partial charge < -0.3 is 19.4 Å². The maximum Gasteiger partial charge on any atom is 0.129 e. The zero-order valence-corrected chi connectivity index (χ0v) is 28.9. The Bertz CT molecular complexity index is 2360. The number of fused-ring (bicyclic) bond motifs is 8. The van der Waals surface area contributed by atoms with Crippen LogP contribution in [0.3, 0.4) is 0 Å². The van der Waals surface area contributed by atoms with Crippen molar-refractivity contribution in [3.63, 3.8) is 0 Å². The van der Waals surface area contributed by atoms with Crippen molar-refractivity contribution in [3.8, 4) is 44.5 Å². The molecule has 0 unspecified atom stereocenters. The standard InChI is InChI=1S/C46H36N4O2/c1-51-45-43-41(31-19-11-5-12-20-31)37-27-25-35(48-37)39(29-15-7-3-8-16-29)33-23-24-34(47-33)40(30-17-9-4-10-18-30)36-26-28-38(49-36)42(32-21-13-6-14-22-32)44(50-43)46(45)52-2/h3-28,45-47,50H,1-2H3/t45-,46+. The van der Waals surface area contributed by atoms with Crippen LogP contribution in [0.2, 0.25) is 0 Å². The second kappa shape index (κ2) is 13.4. The number of ether oxygens (including phenoxy) is 2. The molecule has 6 aromatic rings. The van der Waals surface area contributed by atoms with Crippen molar-refractivity contribution in [3.05, 3.63) is 168 Å². The molecule has 0 saturated carbocycles. The summed E-state index contributed by atoms with van der Waals surface area (Å²) in [6, 6.07) is 46.0. The fourth-order valence-corrected chi connectivity index (χ4v) is 7.64. The summed E-state index contributed by atoms with van der Waals surface area (Å²) >= 11 is 0. The van der Waals surface area contributed by atoms with Gasteiger partial charge in [0.1, 0.15) is 12.2 Å². The van der Waals surface area contributed by atoms with Crippen molar-refractivity contribution in [2.24, 2.45) is 0 Å². The van der Waals surface area contributed by atoms with Crippen LogP contribution in [0.4, 0.5) is 0 Å². The largest absolute Gasteiger partial charge is 0.372 e. The van der Waals surface area contributed by atoms with Gasteiger partial charge >= 0.3 is 0 Å². The average molecular weight is 677 g/mol. The Balaban J connectivity index is 1.51. The summed E-state index contributed by atoms with van der Waals surface area (Å²) in [6.07, 6.45) is 7.55. The molecule has 8 bridgehead atoms. The Morgan fingerprint density at radius 1 is 0.385 bits per heavy atom. The number of methoxy groups -OCH3 is 2. The first-order chi connectivity index (χ1) is 25.7. The fourth-order valence-electron chi connectivity index (χ4n) is 7.64. The van der Waals surface area contributed by atoms with Gasteiger partial charge in [0.2, 0.25) is 0 Å². The molecule has 4 aromatic carbocycles. The van der Waals surface area contributed by atoms with Crippen LogP contribution >= 0.6 is 0 Å². The molecule has 2 aromatic heterocycles. The molecule has 252 valence electrons. The first kappa shape index (κ1) is 31.6. The zero-order chi connectivity index (χ0) is 35.0. The molecular formula is C46H36N4O2. The average Bonchev–Trinajstić information content (AvgIpc) is 4.03. The topological polar surface area (TPSA) is 75.8 Å². The van der Waals surface area contributed by atoms with Crippen LogP contribution in [0.15, 0.2) is 133 Å². The third-order valence-corrected chi connectivity index (χ3v) is 9.94. The van der Waals surface area contributed by atoms with Gasteiger partial charge in [-0.05, 0) is 58.7 Å². The SMILES string of the molecule is CO[C@@H]1c2[nH]c(c(-c3ccccc3)c3nc(c(-c4ccccc4)c4ccc([nH]4)c(-c4ccccc4)c4nc(c2-c2ccccc2)C=C4)C=C3)[C@@H]1OC. The third-order valence-electron chi connectivity index (χ3n) is 9.94. The van der Waals surface area contributed by atoms with Crippen molar-refractivity contribution >= 4 is 35.3 Å². The van der Waals surface area contributed by atoms with Crippen LogP contribution in [0.5, 0.6) is 0 Å². The molecule has 52 heavy (non-hydrogen) atoms. The van der Waals surface area contributed by atoms with Crippen molar-refractivity contribution in [2.75, 3.05) is 14.2 Å². The molecule has 0 aliphatic carbocycles. The van der Waals surface area contributed by atoms with Gasteiger partial charge in [-0.1, -0.05) is 121 Å². The van der Waals surface area contributed by atoms with E-state index in [1.807, 2.05) is 24.3 Å². The lowest BCUT2D eigenvalue weighted by Crippen LogP contribution is -2.11. The highest BCUT2D eigenvalue weighted by atomic mass is 16.5. The Labute approximate surface area is 302 Å². The molecule has 3 aliphatic heterocycles. The molecule has 2 N–H and O–H groups in total. The molecule has 9 rings (SSSR count). The smallest absolute Gasteiger partial charge is 0.129 e. The van der Waals surface area contributed by atoms with E-state index in [9.17, 15) is 0 Å². The molecule has 5 heterocycles. The second-order valence-corrected chi connectivity index (χ2v) is 12.9. The lowest BCUT2D eigenvalue weighted by atomic mass is 9.96. The van der Waals surface area contributed by atoms with E-state index in [0.717, 1.165) is 89.7 Å². The molecule has 2 atom stereocenters. The molecule has 6 heteroatoms. The lowest BCUT2D eigenvalue weighted by Gasteiger charge is -2.20. The molecule has 6 nitrogen and oxygen atoms in total. The lowest BCUT2D eigenvalue weighted by molar-refractivity contribution is -0.0326. The summed E-state index contributed by atoms with van der Waals surface area (Å²) in [7, 11) is 3.48. The van der Waals surface area contributed by atoms with Crippen molar-refractivity contribution in [1.29, 1.82) is 0 Å². The number of H-pyrrole nitrogens is 2. The number of benzene rings is 4. The number of rotatable bonds is 6. The molecule has 0 amide bonds. The Morgan fingerprint density at radius 3 is 1.02 bits per heavy atom. The van der Waals surface area contributed by atoms with Crippen molar-refractivity contribution in [2.45, 2.75) is 12.2 Å². The number of aromatic nitrogens is 4. The Hall–Kier alpha value is -6.34. The highest BCUT2D eigenvalue weighted by Gasteiger charge is 2.37. The normalized spacial score (nSPS) is 15.5. The van der Waals surface area contributed by atoms with Crippen LogP contribution < -0.4 is 0 Å². The molecule has 0 saturated heterocycles. The van der Waals surface area contributed by atoms with E-state index in [1.54, 1.807) is 14.2 Å². The zero-order valence-electron chi connectivity index (χ0n) is 28.9. The fraction of sp³-hybridized carbons (Fsp3) is 0.0870. The van der Waals surface area contributed by atoms with E-state index in [-0.39, 0.29) is 0 Å². The maximum absolute atomic E-state index is 6.34. The summed E-state index contributed by atoms with van der Waals surface area (Å²) < 4.78 is 12.7. The first-order valence-electron chi connectivity index (χ1n) is 17.5. The van der Waals surface area contributed by atoms with Gasteiger partial charge in [-0.2, -0.15) is 0 Å². The molecule has 0 radical (unpaired) electrons. The summed E-state index contributed by atoms with van der Waals surface area (Å²) in [5.41, 5.74) is 15.2. The van der Waals surface area contributed by atoms with Gasteiger partial charge in [0, 0.05) is 47.5 Å². The highest BCUT2D eigenvalue weighted by molar-refractivity contribution is 5.96. The highest BCUT2D eigenvalue weighted by Crippen LogP contribution is 2.47. The molecular weight excluding hydrogens is 641 g/mol. The van der Waals surface area contributed by atoms with E-state index in [1.165, 1.54) is 0 Å². The minimum absolute atomic E-state index is 0.450. The number of hydrogen-bond acceptors (Lipinski definition) is 4. The van der Waals surface area contributed by atoms with E-state index in [2.05, 4.69) is 143 Å². The maximum atomic E-state index is 6.34. The summed E-state index contributed by atoms with van der Waals surface area (Å²) in [5.74, 6) is 0. The third kappa shape index (κ3) is 5.46. The van der Waals surface area contributed by atoms with Crippen molar-refractivity contribution < 1.29 is 9.47 Å². The van der Waals surface area contributed by atoms with E-state index in [0.29, 0.717) is 0 Å². The number of aromatic amines is 2. The van der Waals surface area contributed by atoms with E-state index >= 15 is 0 Å². The molecule has 3 aliphatic rings. The molecule has 0 spiro atoms. The summed E-state index contributed by atoms with van der Waals surface area (Å²) in [4.78, 5) is 18.5. The summed E-state index contributed by atoms with van der Waals surface area (Å²) in [5, 5.41) is 0. The van der Waals surface area contributed by atoms with Gasteiger partial charge in [0.05, 0.1) is 34.2 Å². The van der Waals surface area contributed by atoms with Gasteiger partial charge in [-0.25, -0.2) is 9.97 Å². The van der Waals surface area contributed by atoms with Crippen molar-refractivity contribution in [1.82, 2.24) is 19.9 Å². The Kier molecular flexibility index (Phi) is 8.16. The van der Waals surface area contributed by atoms with Gasteiger partial charge in [-0.15, -0.1) is 0 Å². The van der Waals surface area contributed by atoms with Crippen LogP contribution in [0.25, 0.3) is 79.8 Å². The van der Waals surface area contributed by atoms with E-state index in [4.69, 9.17) is 19.4 Å². The van der Waals surface area contributed by atoms with Gasteiger partial charge in [0.15, 0.2) is 0 Å². The minimum Gasteiger partial charge on any atom is -0.372 e. The second-order valence-electron chi connectivity index (χ2n) is 12.9. The Morgan fingerprint density at radius 2 is 0.692 bits per heavy atom. The van der Waals surface area contributed by atoms with Crippen LogP contribution in [0.1, 0.15) is 46.4 Å². The monoisotopic (exact) mass is 676 g/mol. The van der Waals surface area contributed by atoms with Gasteiger partial charge in [-0.3, -0.25) is 0 Å². The molecule has 0 fully saturated rings. The van der Waals surface area contributed by atoms with E-state index < -0.39 is 12.2 Å². The van der Waals surface area contributed by atoms with Gasteiger partial charge in [0.25, 0.3) is 0 Å². The first-order valence-corrected chi connectivity index (χ1v) is 17.5. The number of hydrogen-bond donors (Lipinski definition) is 2. The minimum atomic E-state index is -0.450.